The highest BCUT2D eigenvalue weighted by Crippen LogP contribution is 2.30. The summed E-state index contributed by atoms with van der Waals surface area (Å²) in [4.78, 5) is 0. The Balaban J connectivity index is 1.67. The Bertz CT molecular complexity index is 439. The fourth-order valence-corrected chi connectivity index (χ4v) is 2.55. The van der Waals surface area contributed by atoms with Crippen LogP contribution in [-0.2, 0) is 6.42 Å². The van der Waals surface area contributed by atoms with Gasteiger partial charge in [0.25, 0.3) is 0 Å². The van der Waals surface area contributed by atoms with E-state index in [1.807, 2.05) is 12.1 Å². The van der Waals surface area contributed by atoms with Gasteiger partial charge in [-0.2, -0.15) is 0 Å². The van der Waals surface area contributed by atoms with Crippen molar-refractivity contribution in [3.05, 3.63) is 28.2 Å². The average Bonchev–Trinajstić information content (AvgIpc) is 2.75. The molecule has 1 aromatic carbocycles. The highest BCUT2D eigenvalue weighted by molar-refractivity contribution is 9.10. The van der Waals surface area contributed by atoms with Gasteiger partial charge in [-0.15, -0.1) is 12.3 Å². The molecule has 0 saturated heterocycles. The molecule has 0 saturated carbocycles. The Morgan fingerprint density at radius 2 is 2.33 bits per heavy atom. The van der Waals surface area contributed by atoms with Gasteiger partial charge >= 0.3 is 0 Å². The smallest absolute Gasteiger partial charge is 0.123 e. The fourth-order valence-electron chi connectivity index (χ4n) is 2.14. The van der Waals surface area contributed by atoms with E-state index in [9.17, 15) is 0 Å². The zero-order valence-electron chi connectivity index (χ0n) is 10.4. The van der Waals surface area contributed by atoms with E-state index in [2.05, 4.69) is 33.2 Å². The molecule has 0 fully saturated rings. The van der Waals surface area contributed by atoms with Crippen molar-refractivity contribution >= 4 is 15.9 Å². The summed E-state index contributed by atoms with van der Waals surface area (Å²) in [6.45, 7) is 1.92. The number of benzene rings is 1. The van der Waals surface area contributed by atoms with Crippen molar-refractivity contribution in [3.63, 3.8) is 0 Å². The van der Waals surface area contributed by atoms with E-state index in [0.717, 1.165) is 49.0 Å². The Morgan fingerprint density at radius 3 is 3.17 bits per heavy atom. The van der Waals surface area contributed by atoms with Crippen molar-refractivity contribution in [2.75, 3.05) is 13.1 Å². The third-order valence-corrected chi connectivity index (χ3v) is 3.55. The number of hydrogen-bond donors (Lipinski definition) is 1. The lowest BCUT2D eigenvalue weighted by Crippen LogP contribution is -2.30. The topological polar surface area (TPSA) is 21.3 Å². The summed E-state index contributed by atoms with van der Waals surface area (Å²) in [5.41, 5.74) is 1.29. The maximum atomic E-state index is 5.87. The first-order chi connectivity index (χ1) is 8.79. The van der Waals surface area contributed by atoms with Crippen LogP contribution in [0, 0.1) is 12.3 Å². The number of ether oxygens (including phenoxy) is 1. The van der Waals surface area contributed by atoms with Crippen LogP contribution >= 0.6 is 15.9 Å². The molecule has 1 aliphatic rings. The lowest BCUT2D eigenvalue weighted by molar-refractivity contribution is 0.227. The molecule has 96 valence electrons. The monoisotopic (exact) mass is 307 g/mol. The van der Waals surface area contributed by atoms with Crippen LogP contribution < -0.4 is 10.1 Å². The summed E-state index contributed by atoms with van der Waals surface area (Å²) in [5, 5.41) is 3.43. The van der Waals surface area contributed by atoms with Gasteiger partial charge in [-0.3, -0.25) is 0 Å². The van der Waals surface area contributed by atoms with E-state index in [-0.39, 0.29) is 6.10 Å². The van der Waals surface area contributed by atoms with Crippen LogP contribution in [0.5, 0.6) is 5.75 Å². The lowest BCUT2D eigenvalue weighted by atomic mass is 10.1. The van der Waals surface area contributed by atoms with Crippen molar-refractivity contribution in [3.8, 4) is 18.1 Å². The highest BCUT2D eigenvalue weighted by Gasteiger charge is 2.22. The second-order valence-electron chi connectivity index (χ2n) is 4.56. The van der Waals surface area contributed by atoms with E-state index in [4.69, 9.17) is 11.2 Å². The molecule has 1 heterocycles. The quantitative estimate of drug-likeness (QED) is 0.644. The van der Waals surface area contributed by atoms with Crippen LogP contribution in [0.4, 0.5) is 0 Å². The number of nitrogens with one attached hydrogen (secondary N) is 1. The van der Waals surface area contributed by atoms with Crippen molar-refractivity contribution in [1.29, 1.82) is 0 Å². The van der Waals surface area contributed by atoms with Crippen molar-refractivity contribution in [1.82, 2.24) is 5.32 Å². The molecule has 1 unspecified atom stereocenters. The average molecular weight is 308 g/mol. The van der Waals surface area contributed by atoms with E-state index in [1.165, 1.54) is 5.56 Å². The summed E-state index contributed by atoms with van der Waals surface area (Å²) in [5.74, 6) is 3.69. The first kappa shape index (κ1) is 13.5. The second kappa shape index (κ2) is 6.82. The van der Waals surface area contributed by atoms with Gasteiger partial charge in [-0.05, 0) is 43.1 Å². The van der Waals surface area contributed by atoms with Gasteiger partial charge in [0.1, 0.15) is 11.9 Å². The summed E-state index contributed by atoms with van der Waals surface area (Å²) < 4.78 is 6.99. The van der Waals surface area contributed by atoms with Crippen molar-refractivity contribution in [2.24, 2.45) is 0 Å². The van der Waals surface area contributed by atoms with E-state index >= 15 is 0 Å². The molecule has 0 amide bonds. The summed E-state index contributed by atoms with van der Waals surface area (Å²) >= 11 is 3.49. The molecule has 3 heteroatoms. The summed E-state index contributed by atoms with van der Waals surface area (Å²) in [6.07, 6.45) is 9.58. The number of unbranched alkanes of at least 4 members (excludes halogenated alkanes) is 2. The Hall–Kier alpha value is -0.980. The molecule has 1 atom stereocenters. The maximum absolute atomic E-state index is 5.87. The van der Waals surface area contributed by atoms with Crippen LogP contribution in [0.15, 0.2) is 22.7 Å². The molecule has 1 aromatic rings. The molecule has 0 radical (unpaired) electrons. The zero-order valence-corrected chi connectivity index (χ0v) is 12.0. The number of halogens is 1. The zero-order chi connectivity index (χ0) is 12.8. The van der Waals surface area contributed by atoms with Gasteiger partial charge in [-0.25, -0.2) is 0 Å². The largest absolute Gasteiger partial charge is 0.488 e. The SMILES string of the molecule is C#CCCCCNCC1Cc2cc(Br)ccc2O1. The molecule has 1 N–H and O–H groups in total. The molecular weight excluding hydrogens is 290 g/mol. The first-order valence-electron chi connectivity index (χ1n) is 6.39. The number of fused-ring (bicyclic) bond motifs is 1. The van der Waals surface area contributed by atoms with Gasteiger partial charge < -0.3 is 10.1 Å². The lowest BCUT2D eigenvalue weighted by Gasteiger charge is -2.11. The van der Waals surface area contributed by atoms with Gasteiger partial charge in [0.2, 0.25) is 0 Å². The molecule has 0 bridgehead atoms. The normalized spacial score (nSPS) is 17.0. The van der Waals surface area contributed by atoms with E-state index < -0.39 is 0 Å². The minimum absolute atomic E-state index is 0.266. The van der Waals surface area contributed by atoms with Gasteiger partial charge in [-0.1, -0.05) is 15.9 Å². The molecular formula is C15H18BrNO. The molecule has 18 heavy (non-hydrogen) atoms. The van der Waals surface area contributed by atoms with Crippen LogP contribution in [0.2, 0.25) is 0 Å². The highest BCUT2D eigenvalue weighted by atomic mass is 79.9. The predicted octanol–water partition coefficient (Wildman–Crippen LogP) is 3.15. The minimum atomic E-state index is 0.266. The second-order valence-corrected chi connectivity index (χ2v) is 5.48. The Kier molecular flexibility index (Phi) is 5.10. The third-order valence-electron chi connectivity index (χ3n) is 3.06. The Morgan fingerprint density at radius 1 is 1.44 bits per heavy atom. The van der Waals surface area contributed by atoms with Crippen LogP contribution in [0.25, 0.3) is 0 Å². The fraction of sp³-hybridized carbons (Fsp3) is 0.467. The number of rotatable bonds is 6. The predicted molar refractivity (Wildman–Crippen MR) is 77.8 cm³/mol. The Labute approximate surface area is 117 Å². The number of terminal acetylenes is 1. The van der Waals surface area contributed by atoms with E-state index in [1.54, 1.807) is 0 Å². The van der Waals surface area contributed by atoms with Gasteiger partial charge in [0.15, 0.2) is 0 Å². The molecule has 0 spiro atoms. The van der Waals surface area contributed by atoms with Crippen LogP contribution in [-0.4, -0.2) is 19.2 Å². The van der Waals surface area contributed by atoms with Crippen molar-refractivity contribution < 1.29 is 4.74 Å². The van der Waals surface area contributed by atoms with Gasteiger partial charge in [0.05, 0.1) is 0 Å². The summed E-state index contributed by atoms with van der Waals surface area (Å²) in [6, 6.07) is 6.20. The van der Waals surface area contributed by atoms with Gasteiger partial charge in [0, 0.05) is 23.9 Å². The molecule has 2 nitrogen and oxygen atoms in total. The van der Waals surface area contributed by atoms with Crippen LogP contribution in [0.1, 0.15) is 24.8 Å². The van der Waals surface area contributed by atoms with E-state index in [0.29, 0.717) is 0 Å². The summed E-state index contributed by atoms with van der Waals surface area (Å²) in [7, 11) is 0. The number of hydrogen-bond acceptors (Lipinski definition) is 2. The maximum Gasteiger partial charge on any atom is 0.123 e. The standard InChI is InChI=1S/C15H18BrNO/c1-2-3-4-5-8-17-11-14-10-12-9-13(16)6-7-15(12)18-14/h1,6-7,9,14,17H,3-5,8,10-11H2. The first-order valence-corrected chi connectivity index (χ1v) is 7.18. The molecule has 2 rings (SSSR count). The molecule has 0 aliphatic carbocycles. The molecule has 1 aliphatic heterocycles. The minimum Gasteiger partial charge on any atom is -0.488 e. The van der Waals surface area contributed by atoms with Crippen molar-refractivity contribution in [2.45, 2.75) is 31.8 Å². The van der Waals surface area contributed by atoms with Crippen LogP contribution in [0.3, 0.4) is 0 Å². The third kappa shape index (κ3) is 3.76. The molecule has 0 aromatic heterocycles.